The fourth-order valence-electron chi connectivity index (χ4n) is 1.84. The van der Waals surface area contributed by atoms with Gasteiger partial charge in [-0.2, -0.15) is 0 Å². The number of morpholine rings is 1. The van der Waals surface area contributed by atoms with Crippen molar-refractivity contribution in [3.63, 3.8) is 0 Å². The van der Waals surface area contributed by atoms with Crippen LogP contribution >= 0.6 is 12.2 Å². The molecule has 1 saturated heterocycles. The molecule has 1 fully saturated rings. The molecular weight excluding hydrogens is 250 g/mol. The number of ether oxygens (including phenoxy) is 1. The molecule has 2 N–H and O–H groups in total. The maximum absolute atomic E-state index is 12.2. The molecule has 0 spiro atoms. The summed E-state index contributed by atoms with van der Waals surface area (Å²) in [5.41, 5.74) is 6.55. The van der Waals surface area contributed by atoms with Gasteiger partial charge in [0, 0.05) is 18.3 Å². The molecule has 2 heterocycles. The third kappa shape index (κ3) is 2.65. The van der Waals surface area contributed by atoms with E-state index in [2.05, 4.69) is 4.98 Å². The topological polar surface area (TPSA) is 68.5 Å². The monoisotopic (exact) mass is 265 g/mol. The van der Waals surface area contributed by atoms with Gasteiger partial charge in [0.1, 0.15) is 10.7 Å². The lowest BCUT2D eigenvalue weighted by Crippen LogP contribution is -2.47. The SMILES string of the molecule is CC1COCCN1C(=O)c1ccc(C(N)=S)cn1. The number of thiocarbonyl (C=S) groups is 1. The third-order valence-corrected chi connectivity index (χ3v) is 3.13. The number of hydrogen-bond acceptors (Lipinski definition) is 4. The highest BCUT2D eigenvalue weighted by Gasteiger charge is 2.25. The minimum Gasteiger partial charge on any atom is -0.389 e. The van der Waals surface area contributed by atoms with Crippen molar-refractivity contribution in [2.45, 2.75) is 13.0 Å². The van der Waals surface area contributed by atoms with Gasteiger partial charge in [0.15, 0.2) is 0 Å². The number of nitrogens with two attached hydrogens (primary N) is 1. The van der Waals surface area contributed by atoms with Gasteiger partial charge >= 0.3 is 0 Å². The second kappa shape index (κ2) is 5.41. The lowest BCUT2D eigenvalue weighted by atomic mass is 10.2. The molecule has 1 atom stereocenters. The van der Waals surface area contributed by atoms with Gasteiger partial charge in [-0.05, 0) is 19.1 Å². The Morgan fingerprint density at radius 1 is 1.61 bits per heavy atom. The summed E-state index contributed by atoms with van der Waals surface area (Å²) in [7, 11) is 0. The molecule has 1 aromatic heterocycles. The van der Waals surface area contributed by atoms with Crippen LogP contribution in [0.1, 0.15) is 23.0 Å². The number of aromatic nitrogens is 1. The summed E-state index contributed by atoms with van der Waals surface area (Å²) in [6.45, 7) is 3.69. The zero-order valence-electron chi connectivity index (χ0n) is 10.1. The van der Waals surface area contributed by atoms with Crippen molar-refractivity contribution < 1.29 is 9.53 Å². The van der Waals surface area contributed by atoms with Gasteiger partial charge in [-0.3, -0.25) is 9.78 Å². The van der Waals surface area contributed by atoms with Crippen molar-refractivity contribution >= 4 is 23.1 Å². The fraction of sp³-hybridized carbons (Fsp3) is 0.417. The largest absolute Gasteiger partial charge is 0.389 e. The number of carbonyl (C=O) groups is 1. The van der Waals surface area contributed by atoms with Crippen LogP contribution in [0.5, 0.6) is 0 Å². The van der Waals surface area contributed by atoms with Crippen molar-refractivity contribution in [3.05, 3.63) is 29.6 Å². The molecule has 2 rings (SSSR count). The lowest BCUT2D eigenvalue weighted by Gasteiger charge is -2.33. The van der Waals surface area contributed by atoms with Gasteiger partial charge in [0.2, 0.25) is 0 Å². The summed E-state index contributed by atoms with van der Waals surface area (Å²) in [6.07, 6.45) is 1.53. The summed E-state index contributed by atoms with van der Waals surface area (Å²) < 4.78 is 5.30. The first kappa shape index (κ1) is 12.9. The van der Waals surface area contributed by atoms with E-state index in [1.807, 2.05) is 6.92 Å². The molecule has 6 heteroatoms. The number of carbonyl (C=O) groups excluding carboxylic acids is 1. The molecule has 1 unspecified atom stereocenters. The number of amides is 1. The van der Waals surface area contributed by atoms with Crippen LogP contribution in [0, 0.1) is 0 Å². The number of hydrogen-bond donors (Lipinski definition) is 1. The predicted molar refractivity (Wildman–Crippen MR) is 71.4 cm³/mol. The van der Waals surface area contributed by atoms with Crippen molar-refractivity contribution in [1.82, 2.24) is 9.88 Å². The van der Waals surface area contributed by atoms with Gasteiger partial charge in [-0.15, -0.1) is 0 Å². The molecule has 1 aliphatic heterocycles. The normalized spacial score (nSPS) is 19.6. The quantitative estimate of drug-likeness (QED) is 0.792. The molecule has 1 aliphatic rings. The average Bonchev–Trinajstić information content (AvgIpc) is 2.38. The molecule has 18 heavy (non-hydrogen) atoms. The van der Waals surface area contributed by atoms with E-state index in [1.54, 1.807) is 17.0 Å². The Labute approximate surface area is 111 Å². The highest BCUT2D eigenvalue weighted by atomic mass is 32.1. The summed E-state index contributed by atoms with van der Waals surface area (Å²) in [5.74, 6) is -0.0831. The Balaban J connectivity index is 2.15. The van der Waals surface area contributed by atoms with E-state index in [4.69, 9.17) is 22.7 Å². The highest BCUT2D eigenvalue weighted by molar-refractivity contribution is 7.80. The number of nitrogens with zero attached hydrogens (tertiary/aromatic N) is 2. The molecule has 96 valence electrons. The van der Waals surface area contributed by atoms with Gasteiger partial charge in [-0.25, -0.2) is 0 Å². The van der Waals surface area contributed by atoms with E-state index in [-0.39, 0.29) is 16.9 Å². The van der Waals surface area contributed by atoms with Crippen LogP contribution in [-0.2, 0) is 4.74 Å². The first-order valence-corrected chi connectivity index (χ1v) is 6.15. The summed E-state index contributed by atoms with van der Waals surface area (Å²) in [4.78, 5) is 18.4. The van der Waals surface area contributed by atoms with Gasteiger partial charge in [0.05, 0.1) is 19.3 Å². The third-order valence-electron chi connectivity index (χ3n) is 2.90. The Hall–Kier alpha value is -1.53. The molecular formula is C12H15N3O2S. The van der Waals surface area contributed by atoms with E-state index < -0.39 is 0 Å². The van der Waals surface area contributed by atoms with Crippen molar-refractivity contribution in [2.75, 3.05) is 19.8 Å². The van der Waals surface area contributed by atoms with E-state index in [0.717, 1.165) is 0 Å². The first-order chi connectivity index (χ1) is 8.59. The van der Waals surface area contributed by atoms with E-state index in [9.17, 15) is 4.79 Å². The minimum absolute atomic E-state index is 0.0725. The van der Waals surface area contributed by atoms with Crippen LogP contribution in [0.3, 0.4) is 0 Å². The first-order valence-electron chi connectivity index (χ1n) is 5.74. The average molecular weight is 265 g/mol. The van der Waals surface area contributed by atoms with Crippen molar-refractivity contribution in [3.8, 4) is 0 Å². The zero-order valence-corrected chi connectivity index (χ0v) is 10.9. The van der Waals surface area contributed by atoms with Crippen LogP contribution in [0.2, 0.25) is 0 Å². The van der Waals surface area contributed by atoms with Crippen LogP contribution in [0.25, 0.3) is 0 Å². The predicted octanol–water partition coefficient (Wildman–Crippen LogP) is 0.577. The van der Waals surface area contributed by atoms with Crippen molar-refractivity contribution in [1.29, 1.82) is 0 Å². The molecule has 0 aromatic carbocycles. The van der Waals surface area contributed by atoms with Gasteiger partial charge in [0.25, 0.3) is 5.91 Å². The summed E-state index contributed by atoms with van der Waals surface area (Å²) in [6, 6.07) is 3.44. The second-order valence-electron chi connectivity index (χ2n) is 4.22. The maximum atomic E-state index is 12.2. The molecule has 0 aliphatic carbocycles. The van der Waals surface area contributed by atoms with Gasteiger partial charge in [-0.1, -0.05) is 12.2 Å². The van der Waals surface area contributed by atoms with E-state index in [1.165, 1.54) is 6.20 Å². The summed E-state index contributed by atoms with van der Waals surface area (Å²) >= 11 is 4.84. The summed E-state index contributed by atoms with van der Waals surface area (Å²) in [5, 5.41) is 0. The van der Waals surface area contributed by atoms with Crippen LogP contribution in [-0.4, -0.2) is 46.6 Å². The molecule has 5 nitrogen and oxygen atoms in total. The fourth-order valence-corrected chi connectivity index (χ4v) is 1.96. The Bertz CT molecular complexity index is 461. The molecule has 0 bridgehead atoms. The minimum atomic E-state index is -0.0831. The Kier molecular flexibility index (Phi) is 3.88. The number of rotatable bonds is 2. The zero-order chi connectivity index (χ0) is 13.1. The smallest absolute Gasteiger partial charge is 0.272 e. The van der Waals surface area contributed by atoms with Gasteiger partial charge < -0.3 is 15.4 Å². The lowest BCUT2D eigenvalue weighted by molar-refractivity contribution is 0.00327. The Morgan fingerprint density at radius 2 is 2.39 bits per heavy atom. The highest BCUT2D eigenvalue weighted by Crippen LogP contribution is 2.11. The number of pyridine rings is 1. The van der Waals surface area contributed by atoms with E-state index in [0.29, 0.717) is 31.0 Å². The van der Waals surface area contributed by atoms with Crippen molar-refractivity contribution in [2.24, 2.45) is 5.73 Å². The van der Waals surface area contributed by atoms with Crippen LogP contribution in [0.15, 0.2) is 18.3 Å². The Morgan fingerprint density at radius 3 is 2.94 bits per heavy atom. The molecule has 1 aromatic rings. The van der Waals surface area contributed by atoms with Crippen LogP contribution < -0.4 is 5.73 Å². The molecule has 0 radical (unpaired) electrons. The molecule has 1 amide bonds. The maximum Gasteiger partial charge on any atom is 0.272 e. The second-order valence-corrected chi connectivity index (χ2v) is 4.66. The standard InChI is InChI=1S/C12H15N3O2S/c1-8-7-17-5-4-15(8)12(16)10-3-2-9(6-14-10)11(13)18/h2-3,6,8H,4-5,7H2,1H3,(H2,13,18). The van der Waals surface area contributed by atoms with E-state index >= 15 is 0 Å². The molecule has 0 saturated carbocycles. The van der Waals surface area contributed by atoms with Crippen LogP contribution in [0.4, 0.5) is 0 Å².